The van der Waals surface area contributed by atoms with Gasteiger partial charge in [0.25, 0.3) is 0 Å². The third-order valence-electron chi connectivity index (χ3n) is 7.18. The summed E-state index contributed by atoms with van der Waals surface area (Å²) in [6.45, 7) is 2.90. The van der Waals surface area contributed by atoms with Crippen molar-refractivity contribution in [2.75, 3.05) is 20.3 Å². The topological polar surface area (TPSA) is 84.0 Å². The Labute approximate surface area is 227 Å². The third kappa shape index (κ3) is 5.54. The van der Waals surface area contributed by atoms with Crippen molar-refractivity contribution >= 4 is 29.8 Å². The highest BCUT2D eigenvalue weighted by molar-refractivity contribution is 6.24. The molecule has 0 fully saturated rings. The molecule has 2 heterocycles. The number of aromatic nitrogens is 1. The number of rotatable bonds is 8. The average Bonchev–Trinajstić information content (AvgIpc) is 3.31. The summed E-state index contributed by atoms with van der Waals surface area (Å²) in [5, 5.41) is 11.9. The number of ether oxygens (including phenoxy) is 3. The molecule has 1 aliphatic heterocycles. The molecule has 38 heavy (non-hydrogen) atoms. The number of halogens is 1. The van der Waals surface area contributed by atoms with E-state index < -0.39 is 6.09 Å². The molecule has 0 saturated heterocycles. The summed E-state index contributed by atoms with van der Waals surface area (Å²) < 4.78 is 16.8. The highest BCUT2D eigenvalue weighted by Gasteiger charge is 2.35. The van der Waals surface area contributed by atoms with Gasteiger partial charge in [-0.1, -0.05) is 31.2 Å². The molecule has 1 amide bonds. The number of hydrogen-bond donors (Lipinski definition) is 2. The van der Waals surface area contributed by atoms with Gasteiger partial charge in [-0.2, -0.15) is 0 Å². The lowest BCUT2D eigenvalue weighted by Gasteiger charge is -2.35. The third-order valence-corrected chi connectivity index (χ3v) is 7.48. The molecule has 3 aromatic rings. The standard InChI is InChI=1S/C30H33ClN2O5/c1-3-21(34)15-17-37-23-7-4-19(5-8-23)29-28-25(26-18-20(31)6-13-27(26)32-28)14-16-33(29)30(35)38-24-11-9-22(36-2)10-12-24/h4-5,7-13,18,20-21,29,32,34H,3,6,14-17H2,1-2H3/t20?,21-,29-/m0/s1. The quantitative estimate of drug-likeness (QED) is 0.420. The van der Waals surface area contributed by atoms with Gasteiger partial charge in [0.15, 0.2) is 0 Å². The Morgan fingerprint density at radius 2 is 1.84 bits per heavy atom. The molecular formula is C30H33ClN2O5. The summed E-state index contributed by atoms with van der Waals surface area (Å²) in [7, 11) is 1.60. The summed E-state index contributed by atoms with van der Waals surface area (Å²) >= 11 is 6.45. The molecule has 2 N–H and O–H groups in total. The number of carbonyl (C=O) groups is 1. The maximum atomic E-state index is 13.5. The van der Waals surface area contributed by atoms with Crippen LogP contribution in [0.2, 0.25) is 0 Å². The van der Waals surface area contributed by atoms with Crippen molar-refractivity contribution in [2.45, 2.75) is 50.1 Å². The summed E-state index contributed by atoms with van der Waals surface area (Å²) in [6.07, 6.45) is 6.20. The molecule has 7 nitrogen and oxygen atoms in total. The molecule has 0 bridgehead atoms. The van der Waals surface area contributed by atoms with E-state index >= 15 is 0 Å². The lowest BCUT2D eigenvalue weighted by Crippen LogP contribution is -2.43. The molecule has 5 rings (SSSR count). The van der Waals surface area contributed by atoms with Crippen LogP contribution in [0.1, 0.15) is 49.0 Å². The van der Waals surface area contributed by atoms with Crippen LogP contribution >= 0.6 is 11.6 Å². The van der Waals surface area contributed by atoms with E-state index in [4.69, 9.17) is 25.8 Å². The summed E-state index contributed by atoms with van der Waals surface area (Å²) in [5.74, 6) is 1.87. The van der Waals surface area contributed by atoms with Gasteiger partial charge in [0.05, 0.1) is 25.2 Å². The first-order valence-electron chi connectivity index (χ1n) is 13.1. The van der Waals surface area contributed by atoms with E-state index in [2.05, 4.69) is 17.1 Å². The summed E-state index contributed by atoms with van der Waals surface area (Å²) in [5.41, 5.74) is 3.11. The molecule has 8 heteroatoms. The first-order valence-corrected chi connectivity index (χ1v) is 13.5. The Bertz CT molecular complexity index is 1380. The lowest BCUT2D eigenvalue weighted by molar-refractivity contribution is 0.135. The number of fused-ring (bicyclic) bond motifs is 3. The van der Waals surface area contributed by atoms with Crippen molar-refractivity contribution in [3.63, 3.8) is 0 Å². The van der Waals surface area contributed by atoms with Gasteiger partial charge >= 0.3 is 6.09 Å². The van der Waals surface area contributed by atoms with E-state index in [1.807, 2.05) is 31.2 Å². The predicted molar refractivity (Wildman–Crippen MR) is 147 cm³/mol. The fourth-order valence-electron chi connectivity index (χ4n) is 5.06. The van der Waals surface area contributed by atoms with Crippen LogP contribution in [-0.4, -0.2) is 52.8 Å². The zero-order valence-corrected chi connectivity index (χ0v) is 22.4. The van der Waals surface area contributed by atoms with E-state index in [9.17, 15) is 9.90 Å². The van der Waals surface area contributed by atoms with Crippen LogP contribution in [-0.2, 0) is 6.42 Å². The van der Waals surface area contributed by atoms with Crippen LogP contribution in [0.5, 0.6) is 17.2 Å². The number of nitrogens with zero attached hydrogens (tertiary/aromatic N) is 1. The van der Waals surface area contributed by atoms with Crippen LogP contribution in [0.4, 0.5) is 4.79 Å². The number of H-pyrrole nitrogens is 1. The van der Waals surface area contributed by atoms with Gasteiger partial charge in [0.1, 0.15) is 23.3 Å². The molecule has 2 aliphatic rings. The Balaban J connectivity index is 1.45. The molecule has 1 aliphatic carbocycles. The van der Waals surface area contributed by atoms with Crippen molar-refractivity contribution in [1.82, 2.24) is 9.88 Å². The van der Waals surface area contributed by atoms with Crippen LogP contribution < -0.4 is 24.8 Å². The lowest BCUT2D eigenvalue weighted by atomic mass is 9.92. The maximum absolute atomic E-state index is 13.5. The van der Waals surface area contributed by atoms with Crippen LogP contribution in [0.3, 0.4) is 0 Å². The highest BCUT2D eigenvalue weighted by atomic mass is 35.5. The number of aliphatic hydroxyl groups excluding tert-OH is 1. The Kier molecular flexibility index (Phi) is 7.95. The Morgan fingerprint density at radius 3 is 2.55 bits per heavy atom. The van der Waals surface area contributed by atoms with Gasteiger partial charge in [0.2, 0.25) is 0 Å². The first kappa shape index (κ1) is 26.2. The SMILES string of the molecule is CC[C@H](O)CCOc1ccc([C@H]2c3[nH]c4c(c3CCN2C(=O)Oc2ccc(OC)cc2)=CC(Cl)CC=4)cc1. The number of hydrogen-bond acceptors (Lipinski definition) is 5. The second kappa shape index (κ2) is 11.5. The minimum absolute atomic E-state index is 0.0402. The fourth-order valence-corrected chi connectivity index (χ4v) is 5.27. The van der Waals surface area contributed by atoms with E-state index in [-0.39, 0.29) is 17.5 Å². The second-order valence-electron chi connectivity index (χ2n) is 9.62. The molecule has 200 valence electrons. The zero-order valence-electron chi connectivity index (χ0n) is 21.7. The van der Waals surface area contributed by atoms with Crippen molar-refractivity contribution < 1.29 is 24.1 Å². The summed E-state index contributed by atoms with van der Waals surface area (Å²) in [4.78, 5) is 18.8. The van der Waals surface area contributed by atoms with Gasteiger partial charge in [-0.05, 0) is 66.8 Å². The molecule has 1 unspecified atom stereocenters. The van der Waals surface area contributed by atoms with Crippen molar-refractivity contribution in [1.29, 1.82) is 0 Å². The van der Waals surface area contributed by atoms with Gasteiger partial charge in [-0.25, -0.2) is 4.79 Å². The van der Waals surface area contributed by atoms with Crippen LogP contribution in [0.25, 0.3) is 12.2 Å². The Morgan fingerprint density at radius 1 is 1.13 bits per heavy atom. The number of alkyl halides is 1. The normalized spacial score (nSPS) is 18.9. The number of aliphatic hydroxyl groups is 1. The molecule has 0 radical (unpaired) electrons. The van der Waals surface area contributed by atoms with E-state index in [0.717, 1.165) is 34.0 Å². The second-order valence-corrected chi connectivity index (χ2v) is 10.2. The van der Waals surface area contributed by atoms with Crippen LogP contribution in [0, 0.1) is 0 Å². The predicted octanol–water partition coefficient (Wildman–Crippen LogP) is 4.28. The van der Waals surface area contributed by atoms with Gasteiger partial charge in [0, 0.05) is 29.2 Å². The number of amides is 1. The monoisotopic (exact) mass is 536 g/mol. The van der Waals surface area contributed by atoms with Gasteiger partial charge < -0.3 is 24.3 Å². The minimum Gasteiger partial charge on any atom is -0.497 e. The Hall–Kier alpha value is -3.42. The van der Waals surface area contributed by atoms with Crippen LogP contribution in [0.15, 0.2) is 48.5 Å². The van der Waals surface area contributed by atoms with Gasteiger partial charge in [-0.15, -0.1) is 11.6 Å². The first-order chi connectivity index (χ1) is 18.5. The van der Waals surface area contributed by atoms with Crippen molar-refractivity contribution in [3.05, 3.63) is 75.9 Å². The highest BCUT2D eigenvalue weighted by Crippen LogP contribution is 2.34. The molecule has 2 aromatic carbocycles. The van der Waals surface area contributed by atoms with Gasteiger partial charge in [-0.3, -0.25) is 4.90 Å². The number of carbonyl (C=O) groups excluding carboxylic acids is 1. The minimum atomic E-state index is -0.421. The number of methoxy groups -OCH3 is 1. The molecule has 1 aromatic heterocycles. The molecule has 3 atom stereocenters. The summed E-state index contributed by atoms with van der Waals surface area (Å²) in [6, 6.07) is 14.4. The number of nitrogens with one attached hydrogen (secondary N) is 1. The molecular weight excluding hydrogens is 504 g/mol. The smallest absolute Gasteiger partial charge is 0.416 e. The van der Waals surface area contributed by atoms with E-state index in [0.29, 0.717) is 43.9 Å². The average molecular weight is 537 g/mol. The van der Waals surface area contributed by atoms with Crippen molar-refractivity contribution in [2.24, 2.45) is 0 Å². The van der Waals surface area contributed by atoms with E-state index in [1.165, 1.54) is 5.56 Å². The number of aromatic amines is 1. The molecule has 0 saturated carbocycles. The zero-order chi connectivity index (χ0) is 26.6. The van der Waals surface area contributed by atoms with E-state index in [1.54, 1.807) is 36.3 Å². The number of benzene rings is 2. The fraction of sp³-hybridized carbons (Fsp3) is 0.367. The largest absolute Gasteiger partial charge is 0.497 e. The maximum Gasteiger partial charge on any atom is 0.416 e. The van der Waals surface area contributed by atoms with Crippen molar-refractivity contribution in [3.8, 4) is 17.2 Å². The molecule has 0 spiro atoms.